The van der Waals surface area contributed by atoms with Gasteiger partial charge in [0.25, 0.3) is 0 Å². The Morgan fingerprint density at radius 2 is 2.00 bits per heavy atom. The van der Waals surface area contributed by atoms with Gasteiger partial charge in [0, 0.05) is 39.3 Å². The van der Waals surface area contributed by atoms with Crippen molar-refractivity contribution in [2.24, 2.45) is 10.9 Å². The molecular formula is C16H33IN4O. The fourth-order valence-corrected chi connectivity index (χ4v) is 3.29. The molecule has 0 saturated carbocycles. The highest BCUT2D eigenvalue weighted by molar-refractivity contribution is 14.0. The smallest absolute Gasteiger partial charge is 0.191 e. The van der Waals surface area contributed by atoms with Crippen molar-refractivity contribution in [1.82, 2.24) is 15.5 Å². The van der Waals surface area contributed by atoms with E-state index in [2.05, 4.69) is 34.4 Å². The van der Waals surface area contributed by atoms with Crippen LogP contribution in [0.15, 0.2) is 4.99 Å². The molecule has 1 unspecified atom stereocenters. The second kappa shape index (κ2) is 10.6. The van der Waals surface area contributed by atoms with E-state index in [-0.39, 0.29) is 24.0 Å². The molecule has 0 spiro atoms. The summed E-state index contributed by atoms with van der Waals surface area (Å²) in [6.07, 6.45) is 5.32. The fraction of sp³-hybridized carbons (Fsp3) is 0.938. The molecule has 0 aromatic carbocycles. The molecule has 0 amide bonds. The van der Waals surface area contributed by atoms with Crippen molar-refractivity contribution in [1.29, 1.82) is 0 Å². The van der Waals surface area contributed by atoms with Crippen LogP contribution in [0.5, 0.6) is 0 Å². The first kappa shape index (κ1) is 20.0. The van der Waals surface area contributed by atoms with Crippen LogP contribution in [0, 0.1) is 5.92 Å². The zero-order valence-corrected chi connectivity index (χ0v) is 16.6. The molecule has 2 atom stereocenters. The van der Waals surface area contributed by atoms with Gasteiger partial charge >= 0.3 is 0 Å². The number of nitrogens with one attached hydrogen (secondary N) is 2. The van der Waals surface area contributed by atoms with Crippen LogP contribution in [-0.4, -0.2) is 62.8 Å². The normalized spacial score (nSPS) is 26.3. The van der Waals surface area contributed by atoms with E-state index >= 15 is 0 Å². The van der Waals surface area contributed by atoms with Crippen molar-refractivity contribution in [2.45, 2.75) is 51.7 Å². The molecule has 6 heteroatoms. The summed E-state index contributed by atoms with van der Waals surface area (Å²) in [7, 11) is 1.84. The summed E-state index contributed by atoms with van der Waals surface area (Å²) in [6.45, 7) is 9.79. The second-order valence-electron chi connectivity index (χ2n) is 6.65. The predicted molar refractivity (Wildman–Crippen MR) is 103 cm³/mol. The minimum atomic E-state index is 0. The third-order valence-corrected chi connectivity index (χ3v) is 4.35. The van der Waals surface area contributed by atoms with Crippen LogP contribution in [-0.2, 0) is 4.74 Å². The Bertz CT molecular complexity index is 332. The summed E-state index contributed by atoms with van der Waals surface area (Å²) in [5, 5.41) is 6.87. The topological polar surface area (TPSA) is 48.9 Å². The van der Waals surface area contributed by atoms with Gasteiger partial charge in [0.2, 0.25) is 0 Å². The van der Waals surface area contributed by atoms with Gasteiger partial charge in [0.05, 0.1) is 6.10 Å². The van der Waals surface area contributed by atoms with Crippen molar-refractivity contribution in [3.63, 3.8) is 0 Å². The van der Waals surface area contributed by atoms with E-state index in [4.69, 9.17) is 4.74 Å². The van der Waals surface area contributed by atoms with E-state index in [9.17, 15) is 0 Å². The van der Waals surface area contributed by atoms with Gasteiger partial charge in [-0.2, -0.15) is 0 Å². The first-order chi connectivity index (χ1) is 10.2. The Kier molecular flexibility index (Phi) is 9.66. The lowest BCUT2D eigenvalue weighted by atomic mass is 10.1. The lowest BCUT2D eigenvalue weighted by Crippen LogP contribution is -2.47. The Morgan fingerprint density at radius 1 is 1.23 bits per heavy atom. The van der Waals surface area contributed by atoms with Crippen molar-refractivity contribution < 1.29 is 4.74 Å². The van der Waals surface area contributed by atoms with Crippen molar-refractivity contribution in [3.05, 3.63) is 0 Å². The third-order valence-electron chi connectivity index (χ3n) is 4.35. The molecule has 2 fully saturated rings. The van der Waals surface area contributed by atoms with Gasteiger partial charge in [-0.1, -0.05) is 13.8 Å². The molecule has 2 saturated heterocycles. The largest absolute Gasteiger partial charge is 0.376 e. The number of aliphatic imine (C=N–C) groups is 1. The second-order valence-corrected chi connectivity index (χ2v) is 6.65. The SMILES string of the molecule is CN=C(NCC1CCCO1)NC[C@H]1CCCN1CC(C)C.I. The molecule has 130 valence electrons. The van der Waals surface area contributed by atoms with Crippen molar-refractivity contribution in [2.75, 3.05) is 39.8 Å². The number of likely N-dealkylation sites (tertiary alicyclic amines) is 1. The zero-order chi connectivity index (χ0) is 15.1. The number of guanidine groups is 1. The number of rotatable bonds is 6. The molecule has 2 aliphatic rings. The van der Waals surface area contributed by atoms with Gasteiger partial charge in [0.15, 0.2) is 5.96 Å². The highest BCUT2D eigenvalue weighted by Gasteiger charge is 2.25. The molecule has 0 radical (unpaired) electrons. The van der Waals surface area contributed by atoms with E-state index in [1.807, 2.05) is 7.05 Å². The number of halogens is 1. The molecule has 2 rings (SSSR count). The van der Waals surface area contributed by atoms with Gasteiger partial charge < -0.3 is 15.4 Å². The van der Waals surface area contributed by atoms with Crippen LogP contribution in [0.25, 0.3) is 0 Å². The first-order valence-electron chi connectivity index (χ1n) is 8.49. The van der Waals surface area contributed by atoms with Crippen LogP contribution >= 0.6 is 24.0 Å². The molecule has 2 heterocycles. The summed E-state index contributed by atoms with van der Waals surface area (Å²) >= 11 is 0. The minimum Gasteiger partial charge on any atom is -0.376 e. The fourth-order valence-electron chi connectivity index (χ4n) is 3.29. The Hall–Kier alpha value is -0.0800. The average Bonchev–Trinajstić information content (AvgIpc) is 3.10. The minimum absolute atomic E-state index is 0. The van der Waals surface area contributed by atoms with Gasteiger partial charge in [-0.05, 0) is 38.1 Å². The molecule has 0 aromatic rings. The lowest BCUT2D eigenvalue weighted by Gasteiger charge is -2.27. The van der Waals surface area contributed by atoms with E-state index < -0.39 is 0 Å². The monoisotopic (exact) mass is 424 g/mol. The van der Waals surface area contributed by atoms with Gasteiger partial charge in [-0.25, -0.2) is 0 Å². The van der Waals surface area contributed by atoms with Crippen molar-refractivity contribution >= 4 is 29.9 Å². The molecule has 0 aliphatic carbocycles. The highest BCUT2D eigenvalue weighted by Crippen LogP contribution is 2.17. The summed E-state index contributed by atoms with van der Waals surface area (Å²) in [6, 6.07) is 0.647. The maximum absolute atomic E-state index is 5.63. The maximum atomic E-state index is 5.63. The molecule has 2 N–H and O–H groups in total. The summed E-state index contributed by atoms with van der Waals surface area (Å²) < 4.78 is 5.63. The Balaban J connectivity index is 0.00000242. The van der Waals surface area contributed by atoms with Gasteiger partial charge in [-0.3, -0.25) is 9.89 Å². The number of hydrogen-bond acceptors (Lipinski definition) is 3. The summed E-state index contributed by atoms with van der Waals surface area (Å²) in [5.74, 6) is 1.64. The summed E-state index contributed by atoms with van der Waals surface area (Å²) in [5.41, 5.74) is 0. The van der Waals surface area contributed by atoms with Gasteiger partial charge in [-0.15, -0.1) is 24.0 Å². The van der Waals surface area contributed by atoms with Crippen LogP contribution in [0.2, 0.25) is 0 Å². The van der Waals surface area contributed by atoms with E-state index in [0.29, 0.717) is 12.1 Å². The molecule has 0 bridgehead atoms. The summed E-state index contributed by atoms with van der Waals surface area (Å²) in [4.78, 5) is 6.93. The average molecular weight is 424 g/mol. The van der Waals surface area contributed by atoms with Crippen molar-refractivity contribution in [3.8, 4) is 0 Å². The number of hydrogen-bond donors (Lipinski definition) is 2. The lowest BCUT2D eigenvalue weighted by molar-refractivity contribution is 0.113. The Morgan fingerprint density at radius 3 is 2.64 bits per heavy atom. The van der Waals surface area contributed by atoms with Crippen LogP contribution in [0.1, 0.15) is 39.5 Å². The van der Waals surface area contributed by atoms with Crippen LogP contribution in [0.4, 0.5) is 0 Å². The number of nitrogens with zero attached hydrogens (tertiary/aromatic N) is 2. The quantitative estimate of drug-likeness (QED) is 0.390. The third kappa shape index (κ3) is 6.58. The Labute approximate surface area is 152 Å². The maximum Gasteiger partial charge on any atom is 0.191 e. The van der Waals surface area contributed by atoms with Crippen LogP contribution in [0.3, 0.4) is 0 Å². The molecular weight excluding hydrogens is 391 g/mol. The molecule has 22 heavy (non-hydrogen) atoms. The van der Waals surface area contributed by atoms with Gasteiger partial charge in [0.1, 0.15) is 0 Å². The highest BCUT2D eigenvalue weighted by atomic mass is 127. The number of ether oxygens (including phenoxy) is 1. The standard InChI is InChI=1S/C16H32N4O.HI/c1-13(2)12-20-8-4-6-14(20)10-18-16(17-3)19-11-15-7-5-9-21-15;/h13-15H,4-12H2,1-3H3,(H2,17,18,19);1H/t14-,15?;/m1./s1. The molecule has 5 nitrogen and oxygen atoms in total. The van der Waals surface area contributed by atoms with Crippen LogP contribution < -0.4 is 10.6 Å². The zero-order valence-electron chi connectivity index (χ0n) is 14.3. The van der Waals surface area contributed by atoms with E-state index in [1.165, 1.54) is 32.4 Å². The predicted octanol–water partition coefficient (Wildman–Crippen LogP) is 2.07. The van der Waals surface area contributed by atoms with E-state index in [0.717, 1.165) is 38.0 Å². The molecule has 2 aliphatic heterocycles. The van der Waals surface area contributed by atoms with E-state index in [1.54, 1.807) is 0 Å². The first-order valence-corrected chi connectivity index (χ1v) is 8.49. The molecule has 0 aromatic heterocycles.